The van der Waals surface area contributed by atoms with Crippen LogP contribution in [0, 0.1) is 23.1 Å². The van der Waals surface area contributed by atoms with Crippen molar-refractivity contribution in [3.8, 4) is 11.8 Å². The van der Waals surface area contributed by atoms with E-state index in [1.807, 2.05) is 6.92 Å². The Morgan fingerprint density at radius 3 is 2.66 bits per heavy atom. The van der Waals surface area contributed by atoms with Crippen molar-refractivity contribution in [3.05, 3.63) is 29.6 Å². The summed E-state index contributed by atoms with van der Waals surface area (Å²) in [6.07, 6.45) is 4.60. The molecule has 2 fully saturated rings. The fourth-order valence-electron chi connectivity index (χ4n) is 3.97. The molecular formula is C22H26FN5O4. The number of nitriles is 1. The molecule has 2 aliphatic heterocycles. The maximum Gasteiger partial charge on any atom is 0.410 e. The van der Waals surface area contributed by atoms with Crippen LogP contribution in [-0.2, 0) is 4.74 Å². The number of carbonyl (C=O) groups excluding carboxylic acids is 2. The van der Waals surface area contributed by atoms with Gasteiger partial charge in [0.25, 0.3) is 5.91 Å². The normalized spacial score (nSPS) is 24.2. The van der Waals surface area contributed by atoms with Crippen LogP contribution in [0.5, 0.6) is 5.75 Å². The molecule has 4 rings (SSSR count). The number of ether oxygens (including phenoxy) is 2. The number of piperidine rings is 1. The Labute approximate surface area is 185 Å². The number of carbonyl (C=O) groups is 2. The number of nitrogens with zero attached hydrogens (tertiary/aromatic N) is 4. The molecule has 10 heteroatoms. The average Bonchev–Trinajstić information content (AvgIpc) is 3.34. The molecule has 2 unspecified atom stereocenters. The van der Waals surface area contributed by atoms with E-state index < -0.39 is 17.8 Å². The second-order valence-electron chi connectivity index (χ2n) is 8.74. The maximum atomic E-state index is 13.9. The molecule has 3 aliphatic rings. The number of nitrogens with two attached hydrogens (primary N) is 1. The summed E-state index contributed by atoms with van der Waals surface area (Å²) in [4.78, 5) is 25.2. The van der Waals surface area contributed by atoms with E-state index in [2.05, 4.69) is 11.2 Å². The Kier molecular flexibility index (Phi) is 5.91. The van der Waals surface area contributed by atoms with Crippen molar-refractivity contribution in [2.45, 2.75) is 50.3 Å². The minimum absolute atomic E-state index is 0.0359. The number of rotatable bonds is 6. The predicted molar refractivity (Wildman–Crippen MR) is 112 cm³/mol. The first-order valence-corrected chi connectivity index (χ1v) is 10.7. The summed E-state index contributed by atoms with van der Waals surface area (Å²) in [5.74, 6) is -1.66. The van der Waals surface area contributed by atoms with Crippen LogP contribution in [0.15, 0.2) is 23.3 Å². The standard InChI is InChI=1S/C22H26FN5O4/c1-22(6-7-22)32-21(30)27-8-4-15(5-9-27)28-19(11-24)14(12-26-28)13-31-16-2-3-17(20(25)29)18(23)10-16/h2-3,10,12,14-15,19H,4-9,13H2,1H3,(H2,25,29). The quantitative estimate of drug-likeness (QED) is 0.720. The number of hydrogen-bond donors (Lipinski definition) is 1. The third-order valence-electron chi connectivity index (χ3n) is 6.25. The van der Waals surface area contributed by atoms with E-state index in [0.29, 0.717) is 25.9 Å². The highest BCUT2D eigenvalue weighted by Gasteiger charge is 2.43. The summed E-state index contributed by atoms with van der Waals surface area (Å²) < 4.78 is 25.1. The van der Waals surface area contributed by atoms with E-state index in [4.69, 9.17) is 15.2 Å². The van der Waals surface area contributed by atoms with Gasteiger partial charge < -0.3 is 20.1 Å². The molecule has 1 aliphatic carbocycles. The van der Waals surface area contributed by atoms with Gasteiger partial charge >= 0.3 is 6.09 Å². The van der Waals surface area contributed by atoms with Gasteiger partial charge in [-0.3, -0.25) is 9.80 Å². The van der Waals surface area contributed by atoms with Gasteiger partial charge in [-0.25, -0.2) is 9.18 Å². The van der Waals surface area contributed by atoms with E-state index in [0.717, 1.165) is 18.9 Å². The first-order valence-electron chi connectivity index (χ1n) is 10.7. The number of hydrazone groups is 1. The van der Waals surface area contributed by atoms with Crippen LogP contribution >= 0.6 is 0 Å². The lowest BCUT2D eigenvalue weighted by Crippen LogP contribution is -2.48. The molecule has 2 N–H and O–H groups in total. The highest BCUT2D eigenvalue weighted by molar-refractivity contribution is 5.93. The van der Waals surface area contributed by atoms with E-state index in [9.17, 15) is 19.2 Å². The summed E-state index contributed by atoms with van der Waals surface area (Å²) >= 11 is 0. The van der Waals surface area contributed by atoms with Gasteiger partial charge in [-0.15, -0.1) is 0 Å². The smallest absolute Gasteiger partial charge is 0.410 e. The fourth-order valence-corrected chi connectivity index (χ4v) is 3.97. The van der Waals surface area contributed by atoms with Gasteiger partial charge in [-0.1, -0.05) is 0 Å². The molecule has 9 nitrogen and oxygen atoms in total. The molecule has 1 aromatic rings. The Morgan fingerprint density at radius 2 is 2.06 bits per heavy atom. The molecule has 2 atom stereocenters. The lowest BCUT2D eigenvalue weighted by atomic mass is 9.99. The van der Waals surface area contributed by atoms with Crippen LogP contribution in [0.4, 0.5) is 9.18 Å². The summed E-state index contributed by atoms with van der Waals surface area (Å²) in [5.41, 5.74) is 4.61. The number of likely N-dealkylation sites (tertiary alicyclic amines) is 1. The first kappa shape index (κ1) is 21.9. The Balaban J connectivity index is 1.29. The minimum Gasteiger partial charge on any atom is -0.493 e. The van der Waals surface area contributed by atoms with E-state index >= 15 is 0 Å². The van der Waals surface area contributed by atoms with Crippen molar-refractivity contribution < 1.29 is 23.5 Å². The number of hydrogen-bond acceptors (Lipinski definition) is 7. The van der Waals surface area contributed by atoms with E-state index in [-0.39, 0.29) is 41.6 Å². The fraction of sp³-hybridized carbons (Fsp3) is 0.545. The van der Waals surface area contributed by atoms with Crippen LogP contribution in [0.25, 0.3) is 0 Å². The molecule has 0 bridgehead atoms. The van der Waals surface area contributed by atoms with Crippen LogP contribution in [0.1, 0.15) is 43.0 Å². The highest BCUT2D eigenvalue weighted by atomic mass is 19.1. The minimum atomic E-state index is -0.849. The number of primary amides is 1. The van der Waals surface area contributed by atoms with E-state index in [1.165, 1.54) is 12.1 Å². The molecular weight excluding hydrogens is 417 g/mol. The number of benzene rings is 1. The van der Waals surface area contributed by atoms with Crippen molar-refractivity contribution in [2.75, 3.05) is 19.7 Å². The second kappa shape index (κ2) is 8.65. The van der Waals surface area contributed by atoms with Crippen molar-refractivity contribution >= 4 is 18.2 Å². The van der Waals surface area contributed by atoms with Crippen molar-refractivity contribution in [1.29, 1.82) is 5.26 Å². The lowest BCUT2D eigenvalue weighted by Gasteiger charge is -2.37. The van der Waals surface area contributed by atoms with Crippen LogP contribution < -0.4 is 10.5 Å². The van der Waals surface area contributed by atoms with Gasteiger partial charge in [0.2, 0.25) is 0 Å². The Bertz CT molecular complexity index is 966. The molecule has 0 aromatic heterocycles. The highest BCUT2D eigenvalue weighted by Crippen LogP contribution is 2.39. The summed E-state index contributed by atoms with van der Waals surface area (Å²) in [5, 5.41) is 16.0. The molecule has 2 amide bonds. The topological polar surface area (TPSA) is 121 Å². The van der Waals surface area contributed by atoms with Crippen LogP contribution in [0.2, 0.25) is 0 Å². The number of amides is 2. The molecule has 1 aromatic carbocycles. The summed E-state index contributed by atoms with van der Waals surface area (Å²) in [6.45, 7) is 3.18. The second-order valence-corrected chi connectivity index (χ2v) is 8.74. The monoisotopic (exact) mass is 443 g/mol. The maximum absolute atomic E-state index is 13.9. The van der Waals surface area contributed by atoms with Crippen molar-refractivity contribution in [3.63, 3.8) is 0 Å². The van der Waals surface area contributed by atoms with Gasteiger partial charge in [-0.05, 0) is 44.7 Å². The zero-order valence-electron chi connectivity index (χ0n) is 17.9. The summed E-state index contributed by atoms with van der Waals surface area (Å²) in [6, 6.07) is 5.64. The van der Waals surface area contributed by atoms with Gasteiger partial charge in [0.1, 0.15) is 23.2 Å². The summed E-state index contributed by atoms with van der Waals surface area (Å²) in [7, 11) is 0. The SMILES string of the molecule is CC1(OC(=O)N2CCC(N3N=CC(COc4ccc(C(N)=O)c(F)c4)C3C#N)CC2)CC1. The van der Waals surface area contributed by atoms with Gasteiger partial charge in [0, 0.05) is 25.4 Å². The third kappa shape index (κ3) is 4.61. The zero-order valence-corrected chi connectivity index (χ0v) is 17.9. The van der Waals surface area contributed by atoms with Crippen LogP contribution in [-0.4, -0.2) is 65.5 Å². The van der Waals surface area contributed by atoms with Crippen molar-refractivity contribution in [1.82, 2.24) is 9.91 Å². The number of halogens is 1. The van der Waals surface area contributed by atoms with E-state index in [1.54, 1.807) is 16.1 Å². The largest absolute Gasteiger partial charge is 0.493 e. The lowest BCUT2D eigenvalue weighted by molar-refractivity contribution is 0.0382. The molecule has 0 radical (unpaired) electrons. The van der Waals surface area contributed by atoms with Gasteiger partial charge in [0.15, 0.2) is 0 Å². The van der Waals surface area contributed by atoms with Gasteiger partial charge in [0.05, 0.1) is 30.2 Å². The molecule has 170 valence electrons. The Morgan fingerprint density at radius 1 is 1.34 bits per heavy atom. The zero-order chi connectivity index (χ0) is 22.9. The Hall–Kier alpha value is -3.35. The molecule has 1 saturated carbocycles. The first-order chi connectivity index (χ1) is 15.3. The molecule has 2 heterocycles. The third-order valence-corrected chi connectivity index (χ3v) is 6.25. The predicted octanol–water partition coefficient (Wildman–Crippen LogP) is 2.27. The molecule has 0 spiro atoms. The molecule has 32 heavy (non-hydrogen) atoms. The van der Waals surface area contributed by atoms with Crippen LogP contribution in [0.3, 0.4) is 0 Å². The molecule has 1 saturated heterocycles. The average molecular weight is 443 g/mol. The van der Waals surface area contributed by atoms with Gasteiger partial charge in [-0.2, -0.15) is 10.4 Å². The van der Waals surface area contributed by atoms with Crippen molar-refractivity contribution in [2.24, 2.45) is 16.8 Å².